The Morgan fingerprint density at radius 2 is 2.40 bits per heavy atom. The van der Waals surface area contributed by atoms with Gasteiger partial charge in [-0.15, -0.1) is 0 Å². The molecule has 0 unspecified atom stereocenters. The third-order valence-electron chi connectivity index (χ3n) is 4.09. The SMILES string of the molecule is O=C(O)[C@@]1([SiH3])C[C@@H]1c1ccc(Cn2ccnc2)cc1Cl. The number of aliphatic carboxylic acids is 1. The van der Waals surface area contributed by atoms with Crippen molar-refractivity contribution in [3.8, 4) is 0 Å². The number of benzene rings is 1. The van der Waals surface area contributed by atoms with Gasteiger partial charge in [-0.1, -0.05) is 23.7 Å². The number of carboxylic acid groups (broad SMARTS) is 1. The van der Waals surface area contributed by atoms with E-state index in [1.54, 1.807) is 12.5 Å². The van der Waals surface area contributed by atoms with Crippen LogP contribution >= 0.6 is 11.6 Å². The van der Waals surface area contributed by atoms with Gasteiger partial charge in [-0.3, -0.25) is 4.79 Å². The molecule has 0 radical (unpaired) electrons. The Kier molecular flexibility index (Phi) is 3.18. The zero-order valence-corrected chi connectivity index (χ0v) is 13.8. The normalized spacial score (nSPS) is 24.8. The summed E-state index contributed by atoms with van der Waals surface area (Å²) in [5.41, 5.74) is 2.06. The van der Waals surface area contributed by atoms with Gasteiger partial charge in [0.1, 0.15) is 0 Å². The molecular weight excluding hydrogens is 292 g/mol. The van der Waals surface area contributed by atoms with Crippen molar-refractivity contribution in [1.29, 1.82) is 0 Å². The molecule has 0 amide bonds. The summed E-state index contributed by atoms with van der Waals surface area (Å²) in [6.07, 6.45) is 6.11. The van der Waals surface area contributed by atoms with Crippen LogP contribution in [0.4, 0.5) is 0 Å². The average molecular weight is 307 g/mol. The third-order valence-corrected chi connectivity index (χ3v) is 5.95. The molecule has 2 aromatic rings. The molecule has 1 aliphatic rings. The number of hydrogen-bond acceptors (Lipinski definition) is 2. The van der Waals surface area contributed by atoms with Crippen LogP contribution in [0.2, 0.25) is 10.1 Å². The van der Waals surface area contributed by atoms with Crippen molar-refractivity contribution >= 4 is 27.8 Å². The molecular formula is C14H15ClN2O2Si. The summed E-state index contributed by atoms with van der Waals surface area (Å²) in [5, 5.41) is 9.40. The van der Waals surface area contributed by atoms with Gasteiger partial charge in [0.2, 0.25) is 0 Å². The van der Waals surface area contributed by atoms with Crippen LogP contribution in [0.3, 0.4) is 0 Å². The van der Waals surface area contributed by atoms with E-state index in [1.165, 1.54) is 0 Å². The monoisotopic (exact) mass is 306 g/mol. The molecule has 0 spiro atoms. The maximum absolute atomic E-state index is 11.2. The molecule has 1 saturated carbocycles. The first-order chi connectivity index (χ1) is 9.50. The second-order valence-electron chi connectivity index (χ2n) is 5.57. The summed E-state index contributed by atoms with van der Waals surface area (Å²) in [7, 11) is 0.652. The Hall–Kier alpha value is -1.59. The van der Waals surface area contributed by atoms with Crippen LogP contribution in [0.15, 0.2) is 36.9 Å². The zero-order chi connectivity index (χ0) is 14.3. The van der Waals surface area contributed by atoms with E-state index in [1.807, 2.05) is 29.0 Å². The molecule has 20 heavy (non-hydrogen) atoms. The summed E-state index contributed by atoms with van der Waals surface area (Å²) < 4.78 is 1.97. The van der Waals surface area contributed by atoms with Crippen molar-refractivity contribution in [2.75, 3.05) is 0 Å². The Morgan fingerprint density at radius 3 is 2.95 bits per heavy atom. The van der Waals surface area contributed by atoms with Crippen LogP contribution in [0, 0.1) is 0 Å². The Morgan fingerprint density at radius 1 is 1.60 bits per heavy atom. The number of nitrogens with zero attached hydrogens (tertiary/aromatic N) is 2. The van der Waals surface area contributed by atoms with Gasteiger partial charge in [-0.05, 0) is 29.5 Å². The predicted octanol–water partition coefficient (Wildman–Crippen LogP) is 1.68. The number of halogens is 1. The molecule has 1 aromatic carbocycles. The first-order valence-electron chi connectivity index (χ1n) is 6.48. The van der Waals surface area contributed by atoms with Crippen molar-refractivity contribution < 1.29 is 9.90 Å². The average Bonchev–Trinajstić information content (AvgIpc) is 2.84. The second-order valence-corrected chi connectivity index (χ2v) is 7.76. The minimum Gasteiger partial charge on any atom is -0.481 e. The zero-order valence-electron chi connectivity index (χ0n) is 11.1. The number of aromatic nitrogens is 2. The lowest BCUT2D eigenvalue weighted by molar-refractivity contribution is -0.137. The van der Waals surface area contributed by atoms with E-state index in [0.29, 0.717) is 15.3 Å². The maximum Gasteiger partial charge on any atom is 0.306 e. The largest absolute Gasteiger partial charge is 0.481 e. The van der Waals surface area contributed by atoms with Gasteiger partial charge < -0.3 is 9.67 Å². The number of carboxylic acids is 1. The van der Waals surface area contributed by atoms with E-state index < -0.39 is 11.0 Å². The van der Waals surface area contributed by atoms with E-state index in [2.05, 4.69) is 4.98 Å². The molecule has 104 valence electrons. The molecule has 3 rings (SSSR count). The van der Waals surface area contributed by atoms with Gasteiger partial charge in [-0.2, -0.15) is 0 Å². The van der Waals surface area contributed by atoms with Gasteiger partial charge >= 0.3 is 5.97 Å². The summed E-state index contributed by atoms with van der Waals surface area (Å²) >= 11 is 6.33. The highest BCUT2D eigenvalue weighted by Crippen LogP contribution is 2.64. The molecule has 0 bridgehead atoms. The number of rotatable bonds is 4. The van der Waals surface area contributed by atoms with Crippen LogP contribution in [-0.4, -0.2) is 30.9 Å². The Bertz CT molecular complexity index is 659. The molecule has 1 aliphatic carbocycles. The van der Waals surface area contributed by atoms with Crippen molar-refractivity contribution in [2.45, 2.75) is 23.9 Å². The molecule has 1 N–H and O–H groups in total. The number of hydrogen-bond donors (Lipinski definition) is 1. The summed E-state index contributed by atoms with van der Waals surface area (Å²) in [6.45, 7) is 0.718. The van der Waals surface area contributed by atoms with Gasteiger partial charge in [0.25, 0.3) is 0 Å². The van der Waals surface area contributed by atoms with Crippen LogP contribution in [0.25, 0.3) is 0 Å². The van der Waals surface area contributed by atoms with Gasteiger partial charge in [0.15, 0.2) is 0 Å². The van der Waals surface area contributed by atoms with E-state index in [0.717, 1.165) is 24.1 Å². The summed E-state index contributed by atoms with van der Waals surface area (Å²) in [5.74, 6) is -0.603. The highest BCUT2D eigenvalue weighted by molar-refractivity contribution is 6.33. The number of carbonyl (C=O) groups is 1. The van der Waals surface area contributed by atoms with Gasteiger partial charge in [0.05, 0.1) is 11.4 Å². The molecule has 1 heterocycles. The van der Waals surface area contributed by atoms with Gasteiger partial charge in [-0.25, -0.2) is 4.98 Å². The minimum atomic E-state index is -0.687. The van der Waals surface area contributed by atoms with Crippen molar-refractivity contribution in [3.63, 3.8) is 0 Å². The van der Waals surface area contributed by atoms with Crippen LogP contribution in [0.1, 0.15) is 23.5 Å². The lowest BCUT2D eigenvalue weighted by Crippen LogP contribution is -2.10. The standard InChI is InChI=1S/C14H15ClN2O2Si/c15-12-5-9(7-17-4-3-16-8-17)1-2-10(12)11-6-14(11,20)13(18)19/h1-5,8,11H,6-7H2,20H3,(H,18,19)/t11-,14-/m1/s1. The second kappa shape index (κ2) is 4.75. The molecule has 0 saturated heterocycles. The molecule has 0 aliphatic heterocycles. The quantitative estimate of drug-likeness (QED) is 0.875. The minimum absolute atomic E-state index is 0.0847. The molecule has 1 aromatic heterocycles. The van der Waals surface area contributed by atoms with E-state index in [9.17, 15) is 9.90 Å². The van der Waals surface area contributed by atoms with Crippen LogP contribution in [0.5, 0.6) is 0 Å². The van der Waals surface area contributed by atoms with Crippen molar-refractivity contribution in [2.24, 2.45) is 0 Å². The maximum atomic E-state index is 11.2. The fourth-order valence-corrected chi connectivity index (χ4v) is 3.65. The highest BCUT2D eigenvalue weighted by atomic mass is 35.5. The first kappa shape index (κ1) is 13.4. The fraction of sp³-hybridized carbons (Fsp3) is 0.286. The van der Waals surface area contributed by atoms with Crippen molar-refractivity contribution in [3.05, 3.63) is 53.1 Å². The van der Waals surface area contributed by atoms with E-state index >= 15 is 0 Å². The third kappa shape index (κ3) is 2.27. The number of imidazole rings is 1. The van der Waals surface area contributed by atoms with E-state index in [4.69, 9.17) is 11.6 Å². The van der Waals surface area contributed by atoms with Crippen molar-refractivity contribution in [1.82, 2.24) is 9.55 Å². The lowest BCUT2D eigenvalue weighted by atomic mass is 10.1. The summed E-state index contributed by atoms with van der Waals surface area (Å²) in [4.78, 5) is 15.2. The highest BCUT2D eigenvalue weighted by Gasteiger charge is 2.57. The Labute approximate surface area is 124 Å². The van der Waals surface area contributed by atoms with Gasteiger partial charge in [0, 0.05) is 34.2 Å². The summed E-state index contributed by atoms with van der Waals surface area (Å²) in [6, 6.07) is 5.92. The first-order valence-corrected chi connectivity index (χ1v) is 7.86. The lowest BCUT2D eigenvalue weighted by Gasteiger charge is -2.10. The van der Waals surface area contributed by atoms with Crippen LogP contribution < -0.4 is 0 Å². The topological polar surface area (TPSA) is 55.1 Å². The smallest absolute Gasteiger partial charge is 0.306 e. The fourth-order valence-electron chi connectivity index (χ4n) is 2.60. The molecule has 4 nitrogen and oxygen atoms in total. The molecule has 2 atom stereocenters. The van der Waals surface area contributed by atoms with E-state index in [-0.39, 0.29) is 5.92 Å². The predicted molar refractivity (Wildman–Crippen MR) is 80.4 cm³/mol. The molecule has 6 heteroatoms. The molecule has 1 fully saturated rings. The van der Waals surface area contributed by atoms with Crippen LogP contribution in [-0.2, 0) is 11.3 Å². The Balaban J connectivity index is 1.81.